The van der Waals surface area contributed by atoms with Gasteiger partial charge in [0.25, 0.3) is 5.91 Å². The summed E-state index contributed by atoms with van der Waals surface area (Å²) in [5, 5.41) is 3.12. The van der Waals surface area contributed by atoms with Crippen molar-refractivity contribution in [1.82, 2.24) is 4.90 Å². The van der Waals surface area contributed by atoms with Gasteiger partial charge in [-0.1, -0.05) is 12.1 Å². The zero-order chi connectivity index (χ0) is 13.3. The average molecular weight is 247 g/mol. The summed E-state index contributed by atoms with van der Waals surface area (Å²) in [6.07, 6.45) is 0.890. The van der Waals surface area contributed by atoms with Crippen LogP contribution in [0.4, 0.5) is 11.4 Å². The molecule has 0 radical (unpaired) electrons. The number of benzene rings is 1. The van der Waals surface area contributed by atoms with Gasteiger partial charge in [-0.3, -0.25) is 14.5 Å². The van der Waals surface area contributed by atoms with Gasteiger partial charge in [-0.15, -0.1) is 0 Å². The first kappa shape index (κ1) is 12.4. The zero-order valence-electron chi connectivity index (χ0n) is 10.6. The van der Waals surface area contributed by atoms with E-state index in [1.807, 2.05) is 25.1 Å². The molecule has 1 aliphatic rings. The Hall–Kier alpha value is -2.04. The van der Waals surface area contributed by atoms with Crippen LogP contribution in [0.1, 0.15) is 18.4 Å². The van der Waals surface area contributed by atoms with E-state index >= 15 is 0 Å². The number of para-hydroxylation sites is 1. The molecular formula is C13H17N3O2. The molecule has 1 unspecified atom stereocenters. The number of nitrogens with two attached hydrogens (primary N) is 1. The van der Waals surface area contributed by atoms with Crippen LogP contribution in [-0.4, -0.2) is 29.8 Å². The number of nitrogens with zero attached hydrogens (tertiary/aromatic N) is 1. The van der Waals surface area contributed by atoms with E-state index in [4.69, 9.17) is 5.73 Å². The molecule has 1 saturated heterocycles. The van der Waals surface area contributed by atoms with Crippen molar-refractivity contribution in [2.75, 3.05) is 18.1 Å². The summed E-state index contributed by atoms with van der Waals surface area (Å²) >= 11 is 0. The summed E-state index contributed by atoms with van der Waals surface area (Å²) in [6, 6.07) is 5.26. The number of hydrogen-bond donors (Lipinski definition) is 2. The fourth-order valence-corrected chi connectivity index (χ4v) is 2.04. The second-order valence-corrected chi connectivity index (χ2v) is 4.56. The fraction of sp³-hybridized carbons (Fsp3) is 0.385. The highest BCUT2D eigenvalue weighted by atomic mass is 16.2. The van der Waals surface area contributed by atoms with Crippen LogP contribution in [0.25, 0.3) is 0 Å². The van der Waals surface area contributed by atoms with E-state index in [0.717, 1.165) is 11.3 Å². The Kier molecular flexibility index (Phi) is 3.23. The highest BCUT2D eigenvalue weighted by Gasteiger charge is 2.31. The van der Waals surface area contributed by atoms with Crippen LogP contribution in [0, 0.1) is 6.92 Å². The number of anilines is 2. The molecule has 0 aromatic heterocycles. The van der Waals surface area contributed by atoms with Crippen molar-refractivity contribution in [2.24, 2.45) is 0 Å². The molecule has 5 nitrogen and oxygen atoms in total. The molecule has 1 heterocycles. The number of rotatable bonds is 2. The van der Waals surface area contributed by atoms with E-state index in [0.29, 0.717) is 18.5 Å². The Morgan fingerprint density at radius 2 is 2.11 bits per heavy atom. The molecule has 0 aliphatic carbocycles. The molecule has 5 heteroatoms. The van der Waals surface area contributed by atoms with E-state index in [1.54, 1.807) is 0 Å². The number of piperidine rings is 1. The Morgan fingerprint density at radius 3 is 2.83 bits per heavy atom. The SMILES string of the molecule is Cc1cccc(NC2CCC(=O)N(C)C2=O)c1N. The van der Waals surface area contributed by atoms with Gasteiger partial charge in [-0.05, 0) is 25.0 Å². The van der Waals surface area contributed by atoms with Crippen molar-refractivity contribution in [2.45, 2.75) is 25.8 Å². The van der Waals surface area contributed by atoms with Crippen molar-refractivity contribution >= 4 is 23.2 Å². The highest BCUT2D eigenvalue weighted by molar-refractivity contribution is 6.01. The molecular weight excluding hydrogens is 230 g/mol. The quantitative estimate of drug-likeness (QED) is 0.607. The first-order chi connectivity index (χ1) is 8.50. The van der Waals surface area contributed by atoms with Crippen LogP contribution < -0.4 is 11.1 Å². The van der Waals surface area contributed by atoms with Gasteiger partial charge >= 0.3 is 0 Å². The molecule has 1 aromatic rings. The molecule has 2 rings (SSSR count). The number of likely N-dealkylation sites (tertiary alicyclic amines) is 1. The van der Waals surface area contributed by atoms with Gasteiger partial charge in [0, 0.05) is 13.5 Å². The first-order valence-corrected chi connectivity index (χ1v) is 5.92. The Bertz CT molecular complexity index is 499. The largest absolute Gasteiger partial charge is 0.397 e. The topological polar surface area (TPSA) is 75.4 Å². The monoisotopic (exact) mass is 247 g/mol. The number of hydrogen-bond acceptors (Lipinski definition) is 4. The van der Waals surface area contributed by atoms with E-state index < -0.39 is 0 Å². The lowest BCUT2D eigenvalue weighted by Gasteiger charge is -2.29. The fourth-order valence-electron chi connectivity index (χ4n) is 2.04. The maximum Gasteiger partial charge on any atom is 0.251 e. The summed E-state index contributed by atoms with van der Waals surface area (Å²) in [6.45, 7) is 1.92. The van der Waals surface area contributed by atoms with Crippen molar-refractivity contribution in [3.8, 4) is 0 Å². The van der Waals surface area contributed by atoms with Crippen molar-refractivity contribution in [3.05, 3.63) is 23.8 Å². The van der Waals surface area contributed by atoms with Gasteiger partial charge in [-0.2, -0.15) is 0 Å². The molecule has 0 spiro atoms. The molecule has 1 atom stereocenters. The average Bonchev–Trinajstić information content (AvgIpc) is 2.35. The number of nitrogens with one attached hydrogen (secondary N) is 1. The normalized spacial score (nSPS) is 20.1. The first-order valence-electron chi connectivity index (χ1n) is 5.92. The molecule has 1 aliphatic heterocycles. The summed E-state index contributed by atoms with van der Waals surface area (Å²) in [7, 11) is 1.51. The van der Waals surface area contributed by atoms with Crippen LogP contribution in [0.2, 0.25) is 0 Å². The minimum atomic E-state index is -0.378. The van der Waals surface area contributed by atoms with Gasteiger partial charge in [-0.25, -0.2) is 0 Å². The summed E-state index contributed by atoms with van der Waals surface area (Å²) in [4.78, 5) is 24.5. The number of carbonyl (C=O) groups is 2. The van der Waals surface area contributed by atoms with Crippen LogP contribution in [0.5, 0.6) is 0 Å². The summed E-state index contributed by atoms with van der Waals surface area (Å²) in [5.41, 5.74) is 8.31. The zero-order valence-corrected chi connectivity index (χ0v) is 10.6. The van der Waals surface area contributed by atoms with Crippen LogP contribution in [-0.2, 0) is 9.59 Å². The predicted molar refractivity (Wildman–Crippen MR) is 70.0 cm³/mol. The minimum absolute atomic E-state index is 0.129. The lowest BCUT2D eigenvalue weighted by Crippen LogP contribution is -2.48. The summed E-state index contributed by atoms with van der Waals surface area (Å²) in [5.74, 6) is -0.331. The smallest absolute Gasteiger partial charge is 0.251 e. The Labute approximate surface area is 106 Å². The predicted octanol–water partition coefficient (Wildman–Crippen LogP) is 1.14. The number of carbonyl (C=O) groups excluding carboxylic acids is 2. The molecule has 1 aromatic carbocycles. The van der Waals surface area contributed by atoms with Crippen molar-refractivity contribution in [3.63, 3.8) is 0 Å². The molecule has 0 bridgehead atoms. The van der Waals surface area contributed by atoms with E-state index in [1.165, 1.54) is 11.9 Å². The molecule has 96 valence electrons. The van der Waals surface area contributed by atoms with Gasteiger partial charge in [0.05, 0.1) is 11.4 Å². The number of likely N-dealkylation sites (N-methyl/N-ethyl adjacent to an activating group) is 1. The van der Waals surface area contributed by atoms with Crippen LogP contribution in [0.3, 0.4) is 0 Å². The van der Waals surface area contributed by atoms with Crippen LogP contribution >= 0.6 is 0 Å². The van der Waals surface area contributed by atoms with Crippen molar-refractivity contribution < 1.29 is 9.59 Å². The van der Waals surface area contributed by atoms with Gasteiger partial charge in [0.2, 0.25) is 5.91 Å². The van der Waals surface area contributed by atoms with Crippen molar-refractivity contribution in [1.29, 1.82) is 0 Å². The number of aryl methyl sites for hydroxylation is 1. The van der Waals surface area contributed by atoms with Crippen LogP contribution in [0.15, 0.2) is 18.2 Å². The molecule has 0 saturated carbocycles. The lowest BCUT2D eigenvalue weighted by molar-refractivity contribution is -0.146. The number of nitrogen functional groups attached to an aromatic ring is 1. The molecule has 1 fully saturated rings. The third-order valence-electron chi connectivity index (χ3n) is 3.30. The van der Waals surface area contributed by atoms with E-state index in [2.05, 4.69) is 5.32 Å². The van der Waals surface area contributed by atoms with E-state index in [-0.39, 0.29) is 17.9 Å². The standard InChI is InChI=1S/C13H17N3O2/c1-8-4-3-5-9(12(8)14)15-10-6-7-11(17)16(2)13(10)18/h3-5,10,15H,6-7,14H2,1-2H3. The highest BCUT2D eigenvalue weighted by Crippen LogP contribution is 2.24. The molecule has 2 amide bonds. The Morgan fingerprint density at radius 1 is 1.39 bits per heavy atom. The molecule has 18 heavy (non-hydrogen) atoms. The third kappa shape index (κ3) is 2.16. The Balaban J connectivity index is 2.17. The second kappa shape index (κ2) is 4.68. The third-order valence-corrected chi connectivity index (χ3v) is 3.30. The maximum absolute atomic E-state index is 11.9. The maximum atomic E-state index is 11.9. The van der Waals surface area contributed by atoms with Gasteiger partial charge < -0.3 is 11.1 Å². The lowest BCUT2D eigenvalue weighted by atomic mass is 10.0. The van der Waals surface area contributed by atoms with E-state index in [9.17, 15) is 9.59 Å². The molecule has 3 N–H and O–H groups in total. The minimum Gasteiger partial charge on any atom is -0.397 e. The summed E-state index contributed by atoms with van der Waals surface area (Å²) < 4.78 is 0. The van der Waals surface area contributed by atoms with Gasteiger partial charge in [0.1, 0.15) is 6.04 Å². The van der Waals surface area contributed by atoms with Gasteiger partial charge in [0.15, 0.2) is 0 Å². The second-order valence-electron chi connectivity index (χ2n) is 4.56. The number of imide groups is 1. The number of amides is 2.